The molecule has 1 aliphatic carbocycles. The van der Waals surface area contributed by atoms with E-state index in [0.29, 0.717) is 0 Å². The predicted molar refractivity (Wildman–Crippen MR) is 70.8 cm³/mol. The summed E-state index contributed by atoms with van der Waals surface area (Å²) in [5.41, 5.74) is 5.59. The van der Waals surface area contributed by atoms with Crippen LogP contribution < -0.4 is 5.73 Å². The second-order valence-corrected chi connectivity index (χ2v) is 6.35. The minimum Gasteiger partial charge on any atom is -0.394 e. The molecule has 3 unspecified atom stereocenters. The number of hydrogen-bond acceptors (Lipinski definition) is 3. The summed E-state index contributed by atoms with van der Waals surface area (Å²) < 4.78 is 0. The molecular weight excluding hydrogens is 212 g/mol. The summed E-state index contributed by atoms with van der Waals surface area (Å²) in [6.07, 6.45) is 9.16. The topological polar surface area (TPSA) is 49.5 Å². The number of nitrogens with zero attached hydrogens (tertiary/aromatic N) is 1. The molecule has 1 saturated carbocycles. The highest BCUT2D eigenvalue weighted by molar-refractivity contribution is 4.89. The Balaban J connectivity index is 1.75. The van der Waals surface area contributed by atoms with Gasteiger partial charge in [0.25, 0.3) is 0 Å². The summed E-state index contributed by atoms with van der Waals surface area (Å²) in [6.45, 7) is 4.50. The van der Waals surface area contributed by atoms with Crippen LogP contribution in [0.4, 0.5) is 0 Å². The lowest BCUT2D eigenvalue weighted by Crippen LogP contribution is -2.44. The van der Waals surface area contributed by atoms with Crippen molar-refractivity contribution < 1.29 is 5.11 Å². The Kier molecular flexibility index (Phi) is 4.45. The van der Waals surface area contributed by atoms with Crippen molar-refractivity contribution in [2.24, 2.45) is 11.7 Å². The van der Waals surface area contributed by atoms with Crippen molar-refractivity contribution in [3.8, 4) is 0 Å². The lowest BCUT2D eigenvalue weighted by atomic mass is 9.91. The highest BCUT2D eigenvalue weighted by Crippen LogP contribution is 2.36. The smallest absolute Gasteiger partial charge is 0.0608 e. The van der Waals surface area contributed by atoms with Crippen molar-refractivity contribution in [2.45, 2.75) is 63.5 Å². The third kappa shape index (κ3) is 3.43. The van der Waals surface area contributed by atoms with Gasteiger partial charge in [0.2, 0.25) is 0 Å². The van der Waals surface area contributed by atoms with Crippen LogP contribution in [-0.2, 0) is 0 Å². The van der Waals surface area contributed by atoms with Crippen molar-refractivity contribution in [3.05, 3.63) is 0 Å². The Bertz CT molecular complexity index is 242. The zero-order valence-corrected chi connectivity index (χ0v) is 11.2. The number of aliphatic hydroxyl groups excluding tert-OH is 1. The standard InChI is InChI=1S/C14H28N2O/c1-14(15,11-17)8-4-10-16-9-3-6-12-5-2-7-13(12)16/h12-13,17H,2-11,15H2,1H3. The van der Waals surface area contributed by atoms with Gasteiger partial charge in [-0.3, -0.25) is 0 Å². The van der Waals surface area contributed by atoms with Crippen molar-refractivity contribution in [1.82, 2.24) is 4.90 Å². The maximum Gasteiger partial charge on any atom is 0.0608 e. The highest BCUT2D eigenvalue weighted by atomic mass is 16.3. The summed E-state index contributed by atoms with van der Waals surface area (Å²) in [6, 6.07) is 0.863. The maximum absolute atomic E-state index is 9.14. The summed E-state index contributed by atoms with van der Waals surface area (Å²) in [4.78, 5) is 2.69. The number of fused-ring (bicyclic) bond motifs is 1. The molecule has 0 aromatic carbocycles. The van der Waals surface area contributed by atoms with E-state index in [1.54, 1.807) is 0 Å². The molecule has 1 heterocycles. The second kappa shape index (κ2) is 5.68. The molecule has 3 atom stereocenters. The molecule has 3 nitrogen and oxygen atoms in total. The first kappa shape index (κ1) is 13.3. The number of hydrogen-bond donors (Lipinski definition) is 2. The first-order valence-electron chi connectivity index (χ1n) is 7.26. The fourth-order valence-electron chi connectivity index (χ4n) is 3.60. The molecule has 1 aliphatic heterocycles. The van der Waals surface area contributed by atoms with E-state index in [-0.39, 0.29) is 12.1 Å². The molecular formula is C14H28N2O. The first-order valence-corrected chi connectivity index (χ1v) is 7.26. The summed E-state index contributed by atoms with van der Waals surface area (Å²) >= 11 is 0. The van der Waals surface area contributed by atoms with Crippen molar-refractivity contribution in [2.75, 3.05) is 19.7 Å². The lowest BCUT2D eigenvalue weighted by Gasteiger charge is -2.38. The molecule has 2 aliphatic rings. The molecule has 0 spiro atoms. The molecule has 3 heteroatoms. The van der Waals surface area contributed by atoms with Crippen LogP contribution in [0.5, 0.6) is 0 Å². The second-order valence-electron chi connectivity index (χ2n) is 6.35. The van der Waals surface area contributed by atoms with Gasteiger partial charge >= 0.3 is 0 Å². The van der Waals surface area contributed by atoms with E-state index in [1.807, 2.05) is 6.92 Å². The van der Waals surface area contributed by atoms with E-state index >= 15 is 0 Å². The number of aliphatic hydroxyl groups is 1. The van der Waals surface area contributed by atoms with Crippen LogP contribution in [0.25, 0.3) is 0 Å². The SMILES string of the molecule is CC(N)(CO)CCCN1CCCC2CCCC21. The molecule has 2 rings (SSSR count). The van der Waals surface area contributed by atoms with Gasteiger partial charge in [-0.05, 0) is 64.5 Å². The van der Waals surface area contributed by atoms with Gasteiger partial charge in [-0.25, -0.2) is 0 Å². The maximum atomic E-state index is 9.14. The Labute approximate surface area is 105 Å². The Morgan fingerprint density at radius 3 is 2.82 bits per heavy atom. The monoisotopic (exact) mass is 240 g/mol. The minimum absolute atomic E-state index is 0.0963. The Morgan fingerprint density at radius 2 is 2.06 bits per heavy atom. The molecule has 0 aromatic rings. The summed E-state index contributed by atoms with van der Waals surface area (Å²) in [7, 11) is 0. The fourth-order valence-corrected chi connectivity index (χ4v) is 3.60. The van der Waals surface area contributed by atoms with Crippen LogP contribution in [0.3, 0.4) is 0 Å². The van der Waals surface area contributed by atoms with Gasteiger partial charge in [-0.2, -0.15) is 0 Å². The molecule has 0 radical (unpaired) electrons. The van der Waals surface area contributed by atoms with Gasteiger partial charge < -0.3 is 15.7 Å². The molecule has 100 valence electrons. The molecule has 0 amide bonds. The lowest BCUT2D eigenvalue weighted by molar-refractivity contribution is 0.106. The molecule has 0 bridgehead atoms. The zero-order chi connectivity index (χ0) is 12.3. The average Bonchev–Trinajstić information content (AvgIpc) is 2.78. The van der Waals surface area contributed by atoms with Crippen LogP contribution >= 0.6 is 0 Å². The Hall–Kier alpha value is -0.120. The van der Waals surface area contributed by atoms with Gasteiger partial charge in [0.15, 0.2) is 0 Å². The van der Waals surface area contributed by atoms with E-state index in [0.717, 1.165) is 24.8 Å². The van der Waals surface area contributed by atoms with Crippen LogP contribution in [-0.4, -0.2) is 41.3 Å². The van der Waals surface area contributed by atoms with Crippen LogP contribution in [0.2, 0.25) is 0 Å². The van der Waals surface area contributed by atoms with Crippen molar-refractivity contribution in [3.63, 3.8) is 0 Å². The van der Waals surface area contributed by atoms with E-state index in [2.05, 4.69) is 4.90 Å². The van der Waals surface area contributed by atoms with Crippen molar-refractivity contribution in [1.29, 1.82) is 0 Å². The van der Waals surface area contributed by atoms with Gasteiger partial charge in [0.1, 0.15) is 0 Å². The third-order valence-electron chi connectivity index (χ3n) is 4.66. The average molecular weight is 240 g/mol. The van der Waals surface area contributed by atoms with Crippen LogP contribution in [0, 0.1) is 5.92 Å². The van der Waals surface area contributed by atoms with Gasteiger partial charge in [0.05, 0.1) is 6.61 Å². The van der Waals surface area contributed by atoms with E-state index in [4.69, 9.17) is 10.8 Å². The first-order chi connectivity index (χ1) is 8.12. The number of rotatable bonds is 5. The Morgan fingerprint density at radius 1 is 1.29 bits per heavy atom. The van der Waals surface area contributed by atoms with Gasteiger partial charge in [-0.1, -0.05) is 6.42 Å². The van der Waals surface area contributed by atoms with Gasteiger partial charge in [0, 0.05) is 11.6 Å². The number of nitrogens with two attached hydrogens (primary N) is 1. The third-order valence-corrected chi connectivity index (χ3v) is 4.66. The zero-order valence-electron chi connectivity index (χ0n) is 11.2. The van der Waals surface area contributed by atoms with Crippen LogP contribution in [0.15, 0.2) is 0 Å². The van der Waals surface area contributed by atoms with E-state index in [1.165, 1.54) is 45.2 Å². The molecule has 1 saturated heterocycles. The minimum atomic E-state index is -0.384. The summed E-state index contributed by atoms with van der Waals surface area (Å²) in [5.74, 6) is 0.978. The van der Waals surface area contributed by atoms with E-state index in [9.17, 15) is 0 Å². The number of likely N-dealkylation sites (tertiary alicyclic amines) is 1. The largest absolute Gasteiger partial charge is 0.394 e. The molecule has 0 aromatic heterocycles. The molecule has 3 N–H and O–H groups in total. The molecule has 2 fully saturated rings. The van der Waals surface area contributed by atoms with E-state index < -0.39 is 0 Å². The van der Waals surface area contributed by atoms with Crippen molar-refractivity contribution >= 4 is 0 Å². The predicted octanol–water partition coefficient (Wildman–Crippen LogP) is 1.74. The normalized spacial score (nSPS) is 33.4. The quantitative estimate of drug-likeness (QED) is 0.769. The number of piperidine rings is 1. The summed E-state index contributed by atoms with van der Waals surface area (Å²) in [5, 5.41) is 9.14. The highest BCUT2D eigenvalue weighted by Gasteiger charge is 2.34. The van der Waals surface area contributed by atoms with Crippen LogP contribution in [0.1, 0.15) is 51.9 Å². The molecule has 17 heavy (non-hydrogen) atoms. The van der Waals surface area contributed by atoms with Gasteiger partial charge in [-0.15, -0.1) is 0 Å². The fraction of sp³-hybridized carbons (Fsp3) is 1.00.